The van der Waals surface area contributed by atoms with Gasteiger partial charge in [0.2, 0.25) is 5.95 Å². The highest BCUT2D eigenvalue weighted by Gasteiger charge is 2.16. The second kappa shape index (κ2) is 6.74. The molecule has 0 saturated heterocycles. The van der Waals surface area contributed by atoms with Crippen LogP contribution in [-0.2, 0) is 6.54 Å². The standard InChI is InChI=1S/C21H20N4O2/c1-13-7-10-19(26)17(23-13)12-25-18-11-15(8-9-16(18)24-21(25)22)20(27)14-5-3-2-4-6-14/h2-11,20,26-27H,12H2,1H3,(H2,22,24). The highest BCUT2D eigenvalue weighted by molar-refractivity contribution is 5.79. The van der Waals surface area contributed by atoms with Crippen molar-refractivity contribution in [2.24, 2.45) is 0 Å². The number of nitrogens with zero attached hydrogens (tertiary/aromatic N) is 3. The van der Waals surface area contributed by atoms with Crippen molar-refractivity contribution in [2.45, 2.75) is 19.6 Å². The number of aliphatic hydroxyl groups is 1. The maximum absolute atomic E-state index is 10.7. The Balaban J connectivity index is 1.77. The number of pyridine rings is 1. The first kappa shape index (κ1) is 17.1. The van der Waals surface area contributed by atoms with Crippen LogP contribution < -0.4 is 5.73 Å². The predicted octanol–water partition coefficient (Wildman–Crippen LogP) is 3.16. The van der Waals surface area contributed by atoms with Gasteiger partial charge in [-0.1, -0.05) is 36.4 Å². The Hall–Kier alpha value is -3.38. The van der Waals surface area contributed by atoms with Crippen LogP contribution in [0.3, 0.4) is 0 Å². The summed E-state index contributed by atoms with van der Waals surface area (Å²) in [4.78, 5) is 8.78. The van der Waals surface area contributed by atoms with Gasteiger partial charge in [-0.2, -0.15) is 0 Å². The zero-order valence-electron chi connectivity index (χ0n) is 14.9. The van der Waals surface area contributed by atoms with Crippen LogP contribution in [0, 0.1) is 6.92 Å². The number of aryl methyl sites for hydroxylation is 1. The molecule has 0 bridgehead atoms. The summed E-state index contributed by atoms with van der Waals surface area (Å²) in [5.41, 5.74) is 10.5. The van der Waals surface area contributed by atoms with Crippen molar-refractivity contribution in [1.82, 2.24) is 14.5 Å². The number of hydrogen-bond acceptors (Lipinski definition) is 5. The molecule has 4 aromatic rings. The van der Waals surface area contributed by atoms with Gasteiger partial charge in [0.15, 0.2) is 0 Å². The molecule has 1 atom stereocenters. The minimum absolute atomic E-state index is 0.113. The van der Waals surface area contributed by atoms with Crippen molar-refractivity contribution in [3.05, 3.63) is 83.2 Å². The number of anilines is 1. The van der Waals surface area contributed by atoms with E-state index in [9.17, 15) is 10.2 Å². The molecule has 0 saturated carbocycles. The molecule has 0 aliphatic heterocycles. The summed E-state index contributed by atoms with van der Waals surface area (Å²) >= 11 is 0. The van der Waals surface area contributed by atoms with Crippen LogP contribution >= 0.6 is 0 Å². The molecule has 2 heterocycles. The van der Waals surface area contributed by atoms with Crippen LogP contribution in [0.5, 0.6) is 5.75 Å². The summed E-state index contributed by atoms with van der Waals surface area (Å²) in [6.45, 7) is 2.16. The number of nitrogens with two attached hydrogens (primary N) is 1. The summed E-state index contributed by atoms with van der Waals surface area (Å²) in [5.74, 6) is 0.446. The largest absolute Gasteiger partial charge is 0.506 e. The van der Waals surface area contributed by atoms with Crippen molar-refractivity contribution < 1.29 is 10.2 Å². The maximum Gasteiger partial charge on any atom is 0.201 e. The molecule has 2 aromatic heterocycles. The topological polar surface area (TPSA) is 97.2 Å². The van der Waals surface area contributed by atoms with Gasteiger partial charge in [-0.25, -0.2) is 4.98 Å². The van der Waals surface area contributed by atoms with E-state index < -0.39 is 6.10 Å². The number of hydrogen-bond donors (Lipinski definition) is 3. The highest BCUT2D eigenvalue weighted by atomic mass is 16.3. The van der Waals surface area contributed by atoms with Gasteiger partial charge in [-0.3, -0.25) is 4.98 Å². The molecule has 4 N–H and O–H groups in total. The van der Waals surface area contributed by atoms with Crippen LogP contribution in [0.25, 0.3) is 11.0 Å². The fourth-order valence-electron chi connectivity index (χ4n) is 3.19. The van der Waals surface area contributed by atoms with E-state index >= 15 is 0 Å². The molecule has 4 rings (SSSR count). The molecule has 0 radical (unpaired) electrons. The van der Waals surface area contributed by atoms with E-state index in [1.54, 1.807) is 16.7 Å². The van der Waals surface area contributed by atoms with E-state index in [0.717, 1.165) is 27.9 Å². The Labute approximate surface area is 156 Å². The second-order valence-corrected chi connectivity index (χ2v) is 6.54. The lowest BCUT2D eigenvalue weighted by Gasteiger charge is -2.13. The summed E-state index contributed by atoms with van der Waals surface area (Å²) < 4.78 is 1.79. The SMILES string of the molecule is Cc1ccc(O)c(Cn2c(N)nc3ccc(C(O)c4ccccc4)cc32)n1. The summed E-state index contributed by atoms with van der Waals surface area (Å²) in [6, 6.07) is 18.4. The number of nitrogen functional groups attached to an aromatic ring is 1. The molecule has 1 unspecified atom stereocenters. The van der Waals surface area contributed by atoms with Crippen LogP contribution in [0.15, 0.2) is 60.7 Å². The van der Waals surface area contributed by atoms with Crippen LogP contribution in [-0.4, -0.2) is 24.7 Å². The number of aromatic nitrogens is 3. The number of imidazole rings is 1. The van der Waals surface area contributed by atoms with Gasteiger partial charge in [0, 0.05) is 5.69 Å². The normalized spacial score (nSPS) is 12.4. The summed E-state index contributed by atoms with van der Waals surface area (Å²) in [7, 11) is 0. The molecule has 0 aliphatic carbocycles. The van der Waals surface area contributed by atoms with Gasteiger partial charge in [-0.05, 0) is 42.3 Å². The van der Waals surface area contributed by atoms with E-state index in [2.05, 4.69) is 9.97 Å². The first-order valence-electron chi connectivity index (χ1n) is 8.67. The van der Waals surface area contributed by atoms with E-state index in [0.29, 0.717) is 18.2 Å². The number of aromatic hydroxyl groups is 1. The minimum Gasteiger partial charge on any atom is -0.506 e. The Morgan fingerprint density at radius 1 is 1.00 bits per heavy atom. The van der Waals surface area contributed by atoms with E-state index in [4.69, 9.17) is 5.73 Å². The predicted molar refractivity (Wildman–Crippen MR) is 104 cm³/mol. The highest BCUT2D eigenvalue weighted by Crippen LogP contribution is 2.28. The Bertz CT molecular complexity index is 1110. The molecule has 6 nitrogen and oxygen atoms in total. The molecule has 0 aliphatic rings. The van der Waals surface area contributed by atoms with Crippen LogP contribution in [0.2, 0.25) is 0 Å². The number of rotatable bonds is 4. The Morgan fingerprint density at radius 2 is 1.78 bits per heavy atom. The van der Waals surface area contributed by atoms with Crippen molar-refractivity contribution >= 4 is 17.0 Å². The Kier molecular flexibility index (Phi) is 4.25. The fraction of sp³-hybridized carbons (Fsp3) is 0.143. The maximum atomic E-state index is 10.7. The van der Waals surface area contributed by atoms with Gasteiger partial charge >= 0.3 is 0 Å². The minimum atomic E-state index is -0.745. The molecule has 6 heteroatoms. The molecular weight excluding hydrogens is 340 g/mol. The summed E-state index contributed by atoms with van der Waals surface area (Å²) in [6.07, 6.45) is -0.745. The molecule has 0 amide bonds. The monoisotopic (exact) mass is 360 g/mol. The molecule has 27 heavy (non-hydrogen) atoms. The lowest BCUT2D eigenvalue weighted by Crippen LogP contribution is -2.07. The van der Waals surface area contributed by atoms with Crippen molar-refractivity contribution in [1.29, 1.82) is 0 Å². The van der Waals surface area contributed by atoms with Gasteiger partial charge in [-0.15, -0.1) is 0 Å². The zero-order valence-corrected chi connectivity index (χ0v) is 14.9. The quantitative estimate of drug-likeness (QED) is 0.519. The molecule has 0 spiro atoms. The van der Waals surface area contributed by atoms with Gasteiger partial charge in [0.25, 0.3) is 0 Å². The number of benzene rings is 2. The molecule has 0 fully saturated rings. The second-order valence-electron chi connectivity index (χ2n) is 6.54. The van der Waals surface area contributed by atoms with Crippen molar-refractivity contribution in [2.75, 3.05) is 5.73 Å². The smallest absolute Gasteiger partial charge is 0.201 e. The van der Waals surface area contributed by atoms with Gasteiger partial charge < -0.3 is 20.5 Å². The third-order valence-corrected chi connectivity index (χ3v) is 4.63. The molecule has 136 valence electrons. The average molecular weight is 360 g/mol. The van der Waals surface area contributed by atoms with Gasteiger partial charge in [0.1, 0.15) is 17.5 Å². The van der Waals surface area contributed by atoms with E-state index in [1.165, 1.54) is 0 Å². The van der Waals surface area contributed by atoms with E-state index in [1.807, 2.05) is 55.5 Å². The number of aliphatic hydroxyl groups excluding tert-OH is 1. The lowest BCUT2D eigenvalue weighted by atomic mass is 10.0. The van der Waals surface area contributed by atoms with Gasteiger partial charge in [0.05, 0.1) is 17.6 Å². The van der Waals surface area contributed by atoms with Crippen molar-refractivity contribution in [3.63, 3.8) is 0 Å². The van der Waals surface area contributed by atoms with Crippen LogP contribution in [0.1, 0.15) is 28.6 Å². The third-order valence-electron chi connectivity index (χ3n) is 4.63. The summed E-state index contributed by atoms with van der Waals surface area (Å²) in [5, 5.41) is 20.8. The third kappa shape index (κ3) is 3.22. The van der Waals surface area contributed by atoms with Crippen molar-refractivity contribution in [3.8, 4) is 5.75 Å². The number of fused-ring (bicyclic) bond motifs is 1. The van der Waals surface area contributed by atoms with Crippen LogP contribution in [0.4, 0.5) is 5.95 Å². The molecular formula is C21H20N4O2. The zero-order chi connectivity index (χ0) is 19.0. The lowest BCUT2D eigenvalue weighted by molar-refractivity contribution is 0.220. The first-order valence-corrected chi connectivity index (χ1v) is 8.67. The first-order chi connectivity index (χ1) is 13.0. The molecule has 2 aromatic carbocycles. The Morgan fingerprint density at radius 3 is 2.56 bits per heavy atom. The fourth-order valence-corrected chi connectivity index (χ4v) is 3.19. The average Bonchev–Trinajstić information content (AvgIpc) is 2.99. The van der Waals surface area contributed by atoms with E-state index in [-0.39, 0.29) is 5.75 Å².